The van der Waals surface area contributed by atoms with Crippen molar-refractivity contribution in [2.45, 2.75) is 112 Å². The third-order valence-electron chi connectivity index (χ3n) is 13.2. The summed E-state index contributed by atoms with van der Waals surface area (Å²) < 4.78 is 5.38. The number of allylic oxidation sites excluding steroid dienone is 2. The minimum absolute atomic E-state index is 0.0147. The van der Waals surface area contributed by atoms with Crippen LogP contribution in [-0.4, -0.2) is 41.8 Å². The molecule has 5 rings (SSSR count). The molecule has 0 heterocycles. The molecule has 5 nitrogen and oxygen atoms in total. The van der Waals surface area contributed by atoms with Gasteiger partial charge < -0.3 is 19.7 Å². The third kappa shape index (κ3) is 3.02. The molecule has 2 N–H and O–H groups in total. The predicted octanol–water partition coefficient (Wildman–Crippen LogP) is 5.47. The largest absolute Gasteiger partial charge is 0.468 e. The number of rotatable bonds is 2. The van der Waals surface area contributed by atoms with E-state index in [1.54, 1.807) is 0 Å². The first-order chi connectivity index (χ1) is 16.7. The second-order valence-corrected chi connectivity index (χ2v) is 15.0. The van der Waals surface area contributed by atoms with Crippen molar-refractivity contribution >= 4 is 12.3 Å². The van der Waals surface area contributed by atoms with Gasteiger partial charge in [0.05, 0.1) is 24.7 Å². The zero-order valence-electron chi connectivity index (χ0n) is 23.5. The minimum Gasteiger partial charge on any atom is -0.468 e. The highest BCUT2D eigenvalue weighted by atomic mass is 16.5. The van der Waals surface area contributed by atoms with Crippen molar-refractivity contribution in [1.29, 1.82) is 0 Å². The summed E-state index contributed by atoms with van der Waals surface area (Å²) in [6.45, 7) is 13.7. The van der Waals surface area contributed by atoms with Crippen molar-refractivity contribution < 1.29 is 24.5 Å². The van der Waals surface area contributed by atoms with E-state index in [2.05, 4.69) is 40.7 Å². The van der Waals surface area contributed by atoms with E-state index in [1.807, 2.05) is 6.92 Å². The molecule has 8 unspecified atom stereocenters. The Morgan fingerprint density at radius 2 is 1.64 bits per heavy atom. The summed E-state index contributed by atoms with van der Waals surface area (Å²) >= 11 is 0. The Bertz CT molecular complexity index is 985. The molecule has 0 spiro atoms. The number of fused-ring (bicyclic) bond motifs is 7. The van der Waals surface area contributed by atoms with Gasteiger partial charge in [0, 0.05) is 0 Å². The van der Waals surface area contributed by atoms with Gasteiger partial charge in [-0.2, -0.15) is 0 Å². The van der Waals surface area contributed by atoms with Crippen molar-refractivity contribution in [2.24, 2.45) is 50.2 Å². The molecule has 5 aliphatic rings. The average Bonchev–Trinajstić information content (AvgIpc) is 2.81. The molecular weight excluding hydrogens is 452 g/mol. The highest BCUT2D eigenvalue weighted by Crippen LogP contribution is 2.75. The van der Waals surface area contributed by atoms with Crippen LogP contribution in [0, 0.1) is 50.2 Å². The lowest BCUT2D eigenvalue weighted by molar-refractivity contribution is -0.218. The fourth-order valence-corrected chi connectivity index (χ4v) is 10.8. The first kappa shape index (κ1) is 26.4. The summed E-state index contributed by atoms with van der Waals surface area (Å²) in [5, 5.41) is 22.8. The number of ether oxygens (including phenoxy) is 1. The van der Waals surface area contributed by atoms with E-state index in [9.17, 15) is 19.8 Å². The van der Waals surface area contributed by atoms with Crippen LogP contribution in [0.3, 0.4) is 0 Å². The number of hydrogen-bond acceptors (Lipinski definition) is 5. The Morgan fingerprint density at radius 1 is 0.944 bits per heavy atom. The van der Waals surface area contributed by atoms with E-state index in [0.29, 0.717) is 25.2 Å². The maximum atomic E-state index is 13.4. The molecule has 4 fully saturated rings. The number of hydrogen-bond donors (Lipinski definition) is 2. The normalized spacial score (nSPS) is 53.6. The van der Waals surface area contributed by atoms with E-state index in [4.69, 9.17) is 4.74 Å². The van der Waals surface area contributed by atoms with Gasteiger partial charge in [-0.15, -0.1) is 0 Å². The van der Waals surface area contributed by atoms with Gasteiger partial charge in [-0.05, 0) is 97.2 Å². The van der Waals surface area contributed by atoms with Crippen LogP contribution in [0.25, 0.3) is 0 Å². The molecular formula is C31H48O5. The van der Waals surface area contributed by atoms with Crippen LogP contribution in [0.1, 0.15) is 99.3 Å². The van der Waals surface area contributed by atoms with Crippen LogP contribution < -0.4 is 0 Å². The lowest BCUT2D eigenvalue weighted by atomic mass is 9.33. The summed E-state index contributed by atoms with van der Waals surface area (Å²) in [4.78, 5) is 25.8. The summed E-state index contributed by atoms with van der Waals surface area (Å²) in [7, 11) is 1.46. The molecule has 10 atom stereocenters. The highest BCUT2D eigenvalue weighted by Gasteiger charge is 2.71. The van der Waals surface area contributed by atoms with E-state index in [0.717, 1.165) is 44.8 Å². The molecule has 0 aromatic carbocycles. The van der Waals surface area contributed by atoms with Crippen LogP contribution in [0.5, 0.6) is 0 Å². The Labute approximate surface area is 217 Å². The monoisotopic (exact) mass is 500 g/mol. The van der Waals surface area contributed by atoms with Crippen molar-refractivity contribution in [3.63, 3.8) is 0 Å². The number of esters is 1. The number of aliphatic hydroxyl groups excluding tert-OH is 2. The maximum Gasteiger partial charge on any atom is 0.315 e. The molecule has 0 radical (unpaired) electrons. The highest BCUT2D eigenvalue weighted by molar-refractivity contribution is 5.79. The Balaban J connectivity index is 1.63. The fourth-order valence-electron chi connectivity index (χ4n) is 10.8. The standard InChI is InChI=1S/C31H48O5/c1-26(2)14-15-31(25(35)36-7)20(16-26)19-8-9-22-27(3)12-11-23(33)28(4,18-32)21(27)10-13-29(22,5)30(19,6)17-24(31)34/h8,18,20-24,33-34H,9-17H2,1-7H3/t20?,21?,22?,23-,24?,27?,28?,29?,30?,31+/m0/s1. The van der Waals surface area contributed by atoms with Crippen molar-refractivity contribution in [3.8, 4) is 0 Å². The smallest absolute Gasteiger partial charge is 0.315 e. The topological polar surface area (TPSA) is 83.8 Å². The molecule has 0 aromatic rings. The first-order valence-corrected chi connectivity index (χ1v) is 14.3. The molecule has 5 heteroatoms. The van der Waals surface area contributed by atoms with E-state index < -0.39 is 23.0 Å². The number of aldehydes is 1. The molecule has 0 amide bonds. The van der Waals surface area contributed by atoms with E-state index in [-0.39, 0.29) is 39.5 Å². The number of aliphatic hydroxyl groups is 2. The quantitative estimate of drug-likeness (QED) is 0.298. The molecule has 0 aliphatic heterocycles. The molecule has 0 aromatic heterocycles. The molecule has 36 heavy (non-hydrogen) atoms. The zero-order chi connectivity index (χ0) is 26.5. The number of carbonyl (C=O) groups is 2. The van der Waals surface area contributed by atoms with Gasteiger partial charge in [-0.1, -0.05) is 53.2 Å². The van der Waals surface area contributed by atoms with Gasteiger partial charge in [0.15, 0.2) is 0 Å². The van der Waals surface area contributed by atoms with Gasteiger partial charge in [-0.25, -0.2) is 0 Å². The molecule has 0 saturated heterocycles. The minimum atomic E-state index is -0.856. The first-order valence-electron chi connectivity index (χ1n) is 14.3. The Kier molecular flexibility index (Phi) is 5.80. The van der Waals surface area contributed by atoms with E-state index >= 15 is 0 Å². The predicted molar refractivity (Wildman–Crippen MR) is 139 cm³/mol. The summed E-state index contributed by atoms with van der Waals surface area (Å²) in [6.07, 6.45) is 9.60. The number of carbonyl (C=O) groups excluding carboxylic acids is 2. The SMILES string of the molecule is COC(=O)[C@]12CCC(C)(C)CC1C1=CCC3C4(C)CC[C@H](O)C(C)(C=O)C4CCC3(C)C1(C)CC2O. The average molecular weight is 501 g/mol. The van der Waals surface area contributed by atoms with Crippen molar-refractivity contribution in [2.75, 3.05) is 7.11 Å². The maximum absolute atomic E-state index is 13.4. The summed E-state index contributed by atoms with van der Waals surface area (Å²) in [5.41, 5.74) is -0.426. The molecule has 0 bridgehead atoms. The second kappa shape index (κ2) is 7.91. The van der Waals surface area contributed by atoms with Crippen LogP contribution in [-0.2, 0) is 14.3 Å². The van der Waals surface area contributed by atoms with Gasteiger partial charge in [0.2, 0.25) is 0 Å². The second-order valence-electron chi connectivity index (χ2n) is 15.0. The van der Waals surface area contributed by atoms with Crippen LogP contribution >= 0.6 is 0 Å². The van der Waals surface area contributed by atoms with Crippen LogP contribution in [0.2, 0.25) is 0 Å². The molecule has 4 saturated carbocycles. The van der Waals surface area contributed by atoms with Crippen molar-refractivity contribution in [3.05, 3.63) is 11.6 Å². The van der Waals surface area contributed by atoms with E-state index in [1.165, 1.54) is 12.7 Å². The Morgan fingerprint density at radius 3 is 2.28 bits per heavy atom. The van der Waals surface area contributed by atoms with Gasteiger partial charge in [0.25, 0.3) is 0 Å². The summed E-state index contributed by atoms with van der Waals surface area (Å²) in [5.74, 6) is 0.251. The number of methoxy groups -OCH3 is 1. The van der Waals surface area contributed by atoms with Gasteiger partial charge >= 0.3 is 5.97 Å². The third-order valence-corrected chi connectivity index (χ3v) is 13.2. The molecule has 5 aliphatic carbocycles. The van der Waals surface area contributed by atoms with Crippen LogP contribution in [0.4, 0.5) is 0 Å². The lowest BCUT2D eigenvalue weighted by Gasteiger charge is -2.71. The summed E-state index contributed by atoms with van der Waals surface area (Å²) in [6, 6.07) is 0. The lowest BCUT2D eigenvalue weighted by Crippen LogP contribution is -2.68. The molecule has 202 valence electrons. The van der Waals surface area contributed by atoms with Crippen LogP contribution in [0.15, 0.2) is 11.6 Å². The Hall–Kier alpha value is -1.20. The zero-order valence-corrected chi connectivity index (χ0v) is 23.5. The van der Waals surface area contributed by atoms with Gasteiger partial charge in [0.1, 0.15) is 11.7 Å². The fraction of sp³-hybridized carbons (Fsp3) is 0.871. The van der Waals surface area contributed by atoms with Gasteiger partial charge in [-0.3, -0.25) is 4.79 Å². The van der Waals surface area contributed by atoms with Crippen molar-refractivity contribution in [1.82, 2.24) is 0 Å².